The zero-order valence-corrected chi connectivity index (χ0v) is 13.7. The smallest absolute Gasteiger partial charge is 0.407 e. The van der Waals surface area contributed by atoms with E-state index < -0.39 is 22.6 Å². The molecule has 0 aromatic heterocycles. The van der Waals surface area contributed by atoms with Crippen LogP contribution in [0.4, 0.5) is 10.5 Å². The summed E-state index contributed by atoms with van der Waals surface area (Å²) < 4.78 is 5.06. The molecule has 0 spiro atoms. The summed E-state index contributed by atoms with van der Waals surface area (Å²) in [5.74, 6) is -1.25. The van der Waals surface area contributed by atoms with Gasteiger partial charge in [-0.15, -0.1) is 0 Å². The largest absolute Gasteiger partial charge is 0.478 e. The summed E-state index contributed by atoms with van der Waals surface area (Å²) in [6.07, 6.45) is 2.74. The van der Waals surface area contributed by atoms with E-state index >= 15 is 0 Å². The Balaban J connectivity index is 2.72. The van der Waals surface area contributed by atoms with Gasteiger partial charge >= 0.3 is 12.1 Å². The highest BCUT2D eigenvalue weighted by Gasteiger charge is 2.19. The summed E-state index contributed by atoms with van der Waals surface area (Å²) in [5.41, 5.74) is -1.01. The van der Waals surface area contributed by atoms with E-state index in [0.29, 0.717) is 6.42 Å². The van der Waals surface area contributed by atoms with Crippen molar-refractivity contribution >= 4 is 23.8 Å². The second-order valence-corrected chi connectivity index (χ2v) is 5.92. The van der Waals surface area contributed by atoms with Crippen LogP contribution in [0.2, 0.25) is 0 Å². The molecule has 130 valence electrons. The lowest BCUT2D eigenvalue weighted by Gasteiger charge is -2.19. The molecule has 8 heteroatoms. The minimum atomic E-state index is -1.25. The molecule has 0 radical (unpaired) electrons. The summed E-state index contributed by atoms with van der Waals surface area (Å²) in [6, 6.07) is 3.86. The zero-order chi connectivity index (χ0) is 18.3. The van der Waals surface area contributed by atoms with Crippen LogP contribution in [0.1, 0.15) is 43.1 Å². The van der Waals surface area contributed by atoms with Crippen LogP contribution in [0.15, 0.2) is 24.3 Å². The number of alkyl carbamates (subject to hydrolysis) is 1. The predicted molar refractivity (Wildman–Crippen MR) is 87.9 cm³/mol. The molecule has 24 heavy (non-hydrogen) atoms. The Labute approximate surface area is 139 Å². The van der Waals surface area contributed by atoms with E-state index in [0.717, 1.165) is 0 Å². The number of hydrogen-bond acceptors (Lipinski definition) is 5. The highest BCUT2D eigenvalue weighted by molar-refractivity contribution is 5.94. The maximum atomic E-state index is 11.5. The number of benzene rings is 1. The first kappa shape index (κ1) is 19.1. The number of nitro groups is 1. The van der Waals surface area contributed by atoms with Gasteiger partial charge in [0.1, 0.15) is 5.60 Å². The molecule has 0 aliphatic heterocycles. The molecule has 0 unspecified atom stereocenters. The third-order valence-electron chi connectivity index (χ3n) is 2.77. The molecule has 0 aliphatic carbocycles. The van der Waals surface area contributed by atoms with Crippen molar-refractivity contribution in [3.05, 3.63) is 45.5 Å². The maximum Gasteiger partial charge on any atom is 0.407 e. The van der Waals surface area contributed by atoms with Gasteiger partial charge in [-0.1, -0.05) is 18.2 Å². The van der Waals surface area contributed by atoms with Crippen LogP contribution in [0.25, 0.3) is 6.08 Å². The summed E-state index contributed by atoms with van der Waals surface area (Å²) in [5, 5.41) is 22.7. The lowest BCUT2D eigenvalue weighted by atomic mass is 10.0. The molecule has 8 nitrogen and oxygen atoms in total. The number of nitrogens with one attached hydrogen (secondary N) is 1. The normalized spacial score (nSPS) is 11.3. The van der Waals surface area contributed by atoms with Crippen LogP contribution < -0.4 is 5.32 Å². The van der Waals surface area contributed by atoms with Gasteiger partial charge in [0.25, 0.3) is 5.69 Å². The first-order valence-electron chi connectivity index (χ1n) is 7.26. The Hall–Kier alpha value is -2.90. The topological polar surface area (TPSA) is 119 Å². The van der Waals surface area contributed by atoms with Gasteiger partial charge < -0.3 is 15.2 Å². The number of carboxylic acid groups (broad SMARTS) is 1. The average molecular weight is 336 g/mol. The summed E-state index contributed by atoms with van der Waals surface area (Å²) in [6.45, 7) is 5.49. The van der Waals surface area contributed by atoms with Crippen molar-refractivity contribution in [1.82, 2.24) is 5.32 Å². The number of aromatic carboxylic acids is 1. The van der Waals surface area contributed by atoms with E-state index in [-0.39, 0.29) is 23.4 Å². The first-order valence-corrected chi connectivity index (χ1v) is 7.26. The lowest BCUT2D eigenvalue weighted by molar-refractivity contribution is -0.385. The van der Waals surface area contributed by atoms with Crippen LogP contribution in [0.3, 0.4) is 0 Å². The average Bonchev–Trinajstić information content (AvgIpc) is 2.44. The minimum absolute atomic E-state index is 0.0206. The van der Waals surface area contributed by atoms with Gasteiger partial charge in [0.05, 0.1) is 16.1 Å². The number of ether oxygens (including phenoxy) is 1. The molecule has 0 aliphatic rings. The number of carbonyl (C=O) groups is 2. The molecule has 1 amide bonds. The zero-order valence-electron chi connectivity index (χ0n) is 13.7. The van der Waals surface area contributed by atoms with Crippen molar-refractivity contribution in [2.75, 3.05) is 6.54 Å². The molecule has 1 aromatic rings. The molecule has 0 heterocycles. The summed E-state index contributed by atoms with van der Waals surface area (Å²) in [4.78, 5) is 33.0. The van der Waals surface area contributed by atoms with Gasteiger partial charge in [-0.05, 0) is 33.3 Å². The Bertz CT molecular complexity index is 629. The van der Waals surface area contributed by atoms with E-state index in [4.69, 9.17) is 9.84 Å². The summed E-state index contributed by atoms with van der Waals surface area (Å²) >= 11 is 0. The number of carbonyl (C=O) groups excluding carboxylic acids is 1. The van der Waals surface area contributed by atoms with Crippen molar-refractivity contribution in [3.8, 4) is 0 Å². The lowest BCUT2D eigenvalue weighted by Crippen LogP contribution is -2.32. The van der Waals surface area contributed by atoms with E-state index in [1.54, 1.807) is 26.8 Å². The fraction of sp³-hybridized carbons (Fsp3) is 0.375. The third kappa shape index (κ3) is 6.07. The van der Waals surface area contributed by atoms with Crippen molar-refractivity contribution in [1.29, 1.82) is 0 Å². The van der Waals surface area contributed by atoms with Gasteiger partial charge in [0, 0.05) is 12.6 Å². The quantitative estimate of drug-likeness (QED) is 0.467. The number of carboxylic acids is 1. The number of amides is 1. The van der Waals surface area contributed by atoms with Gasteiger partial charge in [-0.3, -0.25) is 10.1 Å². The number of nitro benzene ring substituents is 1. The minimum Gasteiger partial charge on any atom is -0.478 e. The van der Waals surface area contributed by atoms with Crippen molar-refractivity contribution in [2.45, 2.75) is 32.8 Å². The Morgan fingerprint density at radius 1 is 1.38 bits per heavy atom. The van der Waals surface area contributed by atoms with Crippen LogP contribution in [-0.4, -0.2) is 34.2 Å². The number of nitrogens with zero attached hydrogens (tertiary/aromatic N) is 1. The van der Waals surface area contributed by atoms with Crippen molar-refractivity contribution in [2.24, 2.45) is 0 Å². The molecule has 1 rings (SSSR count). The van der Waals surface area contributed by atoms with Crippen LogP contribution >= 0.6 is 0 Å². The highest BCUT2D eigenvalue weighted by atomic mass is 16.6. The molecular weight excluding hydrogens is 316 g/mol. The van der Waals surface area contributed by atoms with Gasteiger partial charge in [-0.2, -0.15) is 0 Å². The number of rotatable bonds is 6. The van der Waals surface area contributed by atoms with Crippen LogP contribution in [-0.2, 0) is 4.74 Å². The molecule has 0 saturated heterocycles. The molecule has 2 N–H and O–H groups in total. The van der Waals surface area contributed by atoms with Gasteiger partial charge in [0.2, 0.25) is 0 Å². The molecule has 0 bridgehead atoms. The van der Waals surface area contributed by atoms with E-state index in [1.165, 1.54) is 24.3 Å². The fourth-order valence-corrected chi connectivity index (χ4v) is 1.85. The predicted octanol–water partition coefficient (Wildman–Crippen LogP) is 3.22. The molecule has 0 atom stereocenters. The van der Waals surface area contributed by atoms with Gasteiger partial charge in [0.15, 0.2) is 0 Å². The van der Waals surface area contributed by atoms with E-state index in [9.17, 15) is 19.7 Å². The Kier molecular flexibility index (Phi) is 6.46. The third-order valence-corrected chi connectivity index (χ3v) is 2.77. The molecule has 0 fully saturated rings. The Morgan fingerprint density at radius 2 is 2.04 bits per heavy atom. The monoisotopic (exact) mass is 336 g/mol. The molecule has 1 aromatic carbocycles. The Morgan fingerprint density at radius 3 is 2.58 bits per heavy atom. The SMILES string of the molecule is CC(C)(C)OC(=O)NCCC=Cc1c(C(=O)O)cccc1[N+](=O)[O-]. The second-order valence-electron chi connectivity index (χ2n) is 5.92. The summed E-state index contributed by atoms with van der Waals surface area (Å²) in [7, 11) is 0. The highest BCUT2D eigenvalue weighted by Crippen LogP contribution is 2.24. The number of hydrogen-bond donors (Lipinski definition) is 2. The fourth-order valence-electron chi connectivity index (χ4n) is 1.85. The van der Waals surface area contributed by atoms with Crippen LogP contribution in [0, 0.1) is 10.1 Å². The van der Waals surface area contributed by atoms with Gasteiger partial charge in [-0.25, -0.2) is 9.59 Å². The first-order chi connectivity index (χ1) is 11.1. The molecular formula is C16H20N2O6. The van der Waals surface area contributed by atoms with Crippen molar-refractivity contribution in [3.63, 3.8) is 0 Å². The van der Waals surface area contributed by atoms with Crippen LogP contribution in [0.5, 0.6) is 0 Å². The standard InChI is InChI=1S/C16H20N2O6/c1-16(2,3)24-15(21)17-10-5-4-7-11-12(14(19)20)8-6-9-13(11)18(22)23/h4,6-9H,5,10H2,1-3H3,(H,17,21)(H,19,20). The van der Waals surface area contributed by atoms with E-state index in [1.807, 2.05) is 0 Å². The maximum absolute atomic E-state index is 11.5. The van der Waals surface area contributed by atoms with Crippen molar-refractivity contribution < 1.29 is 24.4 Å². The second kappa shape index (κ2) is 8.09. The van der Waals surface area contributed by atoms with E-state index in [2.05, 4.69) is 5.32 Å². The molecule has 0 saturated carbocycles.